The van der Waals surface area contributed by atoms with Gasteiger partial charge in [-0.15, -0.1) is 0 Å². The lowest BCUT2D eigenvalue weighted by Gasteiger charge is -2.13. The molecule has 0 fully saturated rings. The normalized spacial score (nSPS) is 11.5. The number of ether oxygens (including phenoxy) is 1. The molecule has 0 aliphatic heterocycles. The number of esters is 1. The van der Waals surface area contributed by atoms with Gasteiger partial charge in [0.1, 0.15) is 6.04 Å². The summed E-state index contributed by atoms with van der Waals surface area (Å²) in [4.78, 5) is 28.3. The average Bonchev–Trinajstić information content (AvgIpc) is 3.21. The van der Waals surface area contributed by atoms with Crippen LogP contribution in [0.25, 0.3) is 11.4 Å². The summed E-state index contributed by atoms with van der Waals surface area (Å²) in [7, 11) is 0. The fourth-order valence-electron chi connectivity index (χ4n) is 2.52. The molecule has 1 aromatic heterocycles. The number of carbonyl (C=O) groups excluding carboxylic acids is 2. The number of amides is 2. The zero-order valence-corrected chi connectivity index (χ0v) is 16.2. The summed E-state index contributed by atoms with van der Waals surface area (Å²) in [6.07, 6.45) is 0.948. The molecule has 0 spiro atoms. The van der Waals surface area contributed by atoms with Gasteiger partial charge >= 0.3 is 12.0 Å². The summed E-state index contributed by atoms with van der Waals surface area (Å²) >= 11 is 0. The van der Waals surface area contributed by atoms with Crippen molar-refractivity contribution in [2.24, 2.45) is 0 Å². The highest BCUT2D eigenvalue weighted by Crippen LogP contribution is 2.17. The predicted molar refractivity (Wildman–Crippen MR) is 107 cm³/mol. The highest BCUT2D eigenvalue weighted by Gasteiger charge is 2.18. The zero-order valence-electron chi connectivity index (χ0n) is 16.2. The lowest BCUT2D eigenvalue weighted by atomic mass is 10.1. The van der Waals surface area contributed by atoms with Gasteiger partial charge in [0.2, 0.25) is 5.82 Å². The molecule has 3 aromatic rings. The van der Waals surface area contributed by atoms with Crippen LogP contribution in [-0.4, -0.2) is 28.2 Å². The monoisotopic (exact) mass is 394 g/mol. The van der Waals surface area contributed by atoms with E-state index in [0.29, 0.717) is 11.5 Å². The van der Waals surface area contributed by atoms with Crippen molar-refractivity contribution >= 4 is 17.7 Å². The first-order valence-electron chi connectivity index (χ1n) is 9.26. The highest BCUT2D eigenvalue weighted by molar-refractivity contribution is 5.92. The third-order valence-corrected chi connectivity index (χ3v) is 4.16. The van der Waals surface area contributed by atoms with E-state index in [9.17, 15) is 9.59 Å². The van der Waals surface area contributed by atoms with Crippen molar-refractivity contribution in [2.75, 3.05) is 5.32 Å². The van der Waals surface area contributed by atoms with Crippen LogP contribution in [0.2, 0.25) is 0 Å². The second-order valence-corrected chi connectivity index (χ2v) is 6.36. The van der Waals surface area contributed by atoms with Gasteiger partial charge in [0, 0.05) is 11.3 Å². The van der Waals surface area contributed by atoms with E-state index in [2.05, 4.69) is 27.7 Å². The quantitative estimate of drug-likeness (QED) is 0.594. The Bertz CT molecular complexity index is 954. The van der Waals surface area contributed by atoms with E-state index < -0.39 is 18.0 Å². The first kappa shape index (κ1) is 20.1. The van der Waals surface area contributed by atoms with E-state index in [1.54, 1.807) is 24.3 Å². The van der Waals surface area contributed by atoms with Gasteiger partial charge in [-0.1, -0.05) is 54.5 Å². The standard InChI is InChI=1S/C21H22N4O4/c1-3-15-9-11-16(12-10-15)19-24-18(29-25-19)13-28-20(26)14(2)22-21(27)23-17-7-5-4-6-8-17/h4-12,14H,3,13H2,1-2H3,(H2,22,23,27)/t14-/m0/s1. The van der Waals surface area contributed by atoms with Crippen molar-refractivity contribution < 1.29 is 18.8 Å². The minimum Gasteiger partial charge on any atom is -0.454 e. The smallest absolute Gasteiger partial charge is 0.328 e. The Morgan fingerprint density at radius 1 is 1.10 bits per heavy atom. The summed E-state index contributed by atoms with van der Waals surface area (Å²) in [6.45, 7) is 3.43. The minimum absolute atomic E-state index is 0.175. The molecule has 0 radical (unpaired) electrons. The number of aryl methyl sites for hydroxylation is 1. The Hall–Kier alpha value is -3.68. The summed E-state index contributed by atoms with van der Waals surface area (Å²) in [5, 5.41) is 9.05. The van der Waals surface area contributed by atoms with Gasteiger partial charge in [-0.3, -0.25) is 0 Å². The number of hydrogen-bond acceptors (Lipinski definition) is 6. The third kappa shape index (κ3) is 5.65. The predicted octanol–water partition coefficient (Wildman–Crippen LogP) is 3.55. The Morgan fingerprint density at radius 2 is 1.83 bits per heavy atom. The van der Waals surface area contributed by atoms with Gasteiger partial charge in [-0.2, -0.15) is 4.98 Å². The SMILES string of the molecule is CCc1ccc(-c2noc(COC(=O)[C@H](C)NC(=O)Nc3ccccc3)n2)cc1. The molecule has 0 unspecified atom stereocenters. The summed E-state index contributed by atoms with van der Waals surface area (Å²) in [5.74, 6) is -0.0128. The van der Waals surface area contributed by atoms with Crippen LogP contribution in [0.3, 0.4) is 0 Å². The van der Waals surface area contributed by atoms with E-state index >= 15 is 0 Å². The molecule has 0 bridgehead atoms. The molecule has 8 heteroatoms. The van der Waals surface area contributed by atoms with E-state index in [1.807, 2.05) is 30.3 Å². The fraction of sp³-hybridized carbons (Fsp3) is 0.238. The Kier molecular flexibility index (Phi) is 6.57. The largest absolute Gasteiger partial charge is 0.454 e. The van der Waals surface area contributed by atoms with Gasteiger partial charge in [0.05, 0.1) is 0 Å². The molecule has 1 heterocycles. The maximum Gasteiger partial charge on any atom is 0.328 e. The zero-order chi connectivity index (χ0) is 20.6. The molecule has 0 aliphatic carbocycles. The summed E-state index contributed by atoms with van der Waals surface area (Å²) in [5.41, 5.74) is 2.65. The number of nitrogens with one attached hydrogen (secondary N) is 2. The van der Waals surface area contributed by atoms with Crippen LogP contribution in [0.5, 0.6) is 0 Å². The van der Waals surface area contributed by atoms with E-state index in [-0.39, 0.29) is 12.5 Å². The Balaban J connectivity index is 1.48. The van der Waals surface area contributed by atoms with Crippen molar-refractivity contribution in [1.29, 1.82) is 0 Å². The van der Waals surface area contributed by atoms with Gasteiger partial charge in [-0.05, 0) is 31.0 Å². The van der Waals surface area contributed by atoms with Crippen LogP contribution in [0.1, 0.15) is 25.3 Å². The number of anilines is 1. The maximum atomic E-state index is 12.1. The number of rotatable bonds is 7. The van der Waals surface area contributed by atoms with Gasteiger partial charge in [-0.25, -0.2) is 9.59 Å². The van der Waals surface area contributed by atoms with Crippen LogP contribution >= 0.6 is 0 Å². The summed E-state index contributed by atoms with van der Waals surface area (Å²) < 4.78 is 10.3. The van der Waals surface area contributed by atoms with Gasteiger partial charge in [0.15, 0.2) is 6.61 Å². The Labute approximate surface area is 168 Å². The second-order valence-electron chi connectivity index (χ2n) is 6.36. The average molecular weight is 394 g/mol. The first-order chi connectivity index (χ1) is 14.0. The number of para-hydroxylation sites is 1. The molecule has 0 saturated heterocycles. The Morgan fingerprint density at radius 3 is 2.52 bits per heavy atom. The van der Waals surface area contributed by atoms with Crippen molar-refractivity contribution in [3.05, 3.63) is 66.1 Å². The molecule has 3 rings (SSSR count). The molecule has 150 valence electrons. The number of hydrogen-bond donors (Lipinski definition) is 2. The number of benzene rings is 2. The minimum atomic E-state index is -0.845. The van der Waals surface area contributed by atoms with Crippen LogP contribution in [0.4, 0.5) is 10.5 Å². The van der Waals surface area contributed by atoms with Crippen LogP contribution in [0, 0.1) is 0 Å². The lowest BCUT2D eigenvalue weighted by Crippen LogP contribution is -2.41. The molecule has 2 amide bonds. The van der Waals surface area contributed by atoms with Gasteiger partial charge < -0.3 is 19.9 Å². The molecular weight excluding hydrogens is 372 g/mol. The number of nitrogens with zero attached hydrogens (tertiary/aromatic N) is 2. The molecule has 8 nitrogen and oxygen atoms in total. The topological polar surface area (TPSA) is 106 Å². The van der Waals surface area contributed by atoms with E-state index in [1.165, 1.54) is 12.5 Å². The van der Waals surface area contributed by atoms with Crippen molar-refractivity contribution in [1.82, 2.24) is 15.5 Å². The molecule has 0 aliphatic rings. The van der Waals surface area contributed by atoms with E-state index in [0.717, 1.165) is 12.0 Å². The molecule has 29 heavy (non-hydrogen) atoms. The second kappa shape index (κ2) is 9.50. The van der Waals surface area contributed by atoms with Crippen molar-refractivity contribution in [3.8, 4) is 11.4 Å². The molecule has 2 aromatic carbocycles. The fourth-order valence-corrected chi connectivity index (χ4v) is 2.52. The first-order valence-corrected chi connectivity index (χ1v) is 9.26. The molecule has 0 saturated carbocycles. The van der Waals surface area contributed by atoms with Crippen molar-refractivity contribution in [2.45, 2.75) is 32.9 Å². The molecule has 2 N–H and O–H groups in total. The van der Waals surface area contributed by atoms with Crippen LogP contribution in [-0.2, 0) is 22.6 Å². The number of urea groups is 1. The van der Waals surface area contributed by atoms with Crippen LogP contribution < -0.4 is 10.6 Å². The van der Waals surface area contributed by atoms with Gasteiger partial charge in [0.25, 0.3) is 5.89 Å². The maximum absolute atomic E-state index is 12.1. The number of carbonyl (C=O) groups is 2. The highest BCUT2D eigenvalue weighted by atomic mass is 16.6. The summed E-state index contributed by atoms with van der Waals surface area (Å²) in [6, 6.07) is 15.4. The molecule has 1 atom stereocenters. The van der Waals surface area contributed by atoms with Crippen molar-refractivity contribution in [3.63, 3.8) is 0 Å². The third-order valence-electron chi connectivity index (χ3n) is 4.16. The van der Waals surface area contributed by atoms with E-state index in [4.69, 9.17) is 9.26 Å². The van der Waals surface area contributed by atoms with Crippen LogP contribution in [0.15, 0.2) is 59.1 Å². The lowest BCUT2D eigenvalue weighted by molar-refractivity contribution is -0.147. The number of aromatic nitrogens is 2. The molecular formula is C21H22N4O4.